The molecule has 0 unspecified atom stereocenters. The second-order valence-corrected chi connectivity index (χ2v) is 3.75. The van der Waals surface area contributed by atoms with Crippen LogP contribution in [0.2, 0.25) is 0 Å². The predicted octanol–water partition coefficient (Wildman–Crippen LogP) is 0.957. The highest BCUT2D eigenvalue weighted by Gasteiger charge is 2.08. The molecule has 0 saturated heterocycles. The summed E-state index contributed by atoms with van der Waals surface area (Å²) in [4.78, 5) is 20.0. The van der Waals surface area contributed by atoms with E-state index in [1.165, 1.54) is 22.6 Å². The van der Waals surface area contributed by atoms with Crippen molar-refractivity contribution in [2.45, 2.75) is 12.3 Å². The van der Waals surface area contributed by atoms with Crippen molar-refractivity contribution in [3.8, 4) is 0 Å². The van der Waals surface area contributed by atoms with E-state index in [1.54, 1.807) is 0 Å². The standard InChI is InChI=1S/C7H9N3O4S/c11-7(12)1-2-15-5-9-4-6(3-8-9)10(13)14/h3-4H,1-2,5H2,(H,11,12). The number of carboxylic acids is 1. The third-order valence-corrected chi connectivity index (χ3v) is 2.45. The molecule has 0 aliphatic carbocycles. The Bertz CT molecular complexity index is 365. The molecule has 1 heterocycles. The molecule has 8 heteroatoms. The van der Waals surface area contributed by atoms with Gasteiger partial charge < -0.3 is 5.11 Å². The van der Waals surface area contributed by atoms with Gasteiger partial charge >= 0.3 is 11.7 Å². The maximum absolute atomic E-state index is 10.3. The van der Waals surface area contributed by atoms with E-state index in [2.05, 4.69) is 5.10 Å². The van der Waals surface area contributed by atoms with Gasteiger partial charge in [-0.05, 0) is 0 Å². The van der Waals surface area contributed by atoms with Gasteiger partial charge in [-0.2, -0.15) is 5.10 Å². The van der Waals surface area contributed by atoms with Crippen LogP contribution in [0.3, 0.4) is 0 Å². The Morgan fingerprint density at radius 3 is 3.00 bits per heavy atom. The first-order valence-electron chi connectivity index (χ1n) is 4.06. The van der Waals surface area contributed by atoms with Crippen LogP contribution in [0, 0.1) is 10.1 Å². The highest BCUT2D eigenvalue weighted by atomic mass is 32.2. The Hall–Kier alpha value is -1.57. The number of aliphatic carboxylic acids is 1. The fourth-order valence-corrected chi connectivity index (χ4v) is 1.61. The van der Waals surface area contributed by atoms with E-state index >= 15 is 0 Å². The molecular weight excluding hydrogens is 222 g/mol. The first-order chi connectivity index (χ1) is 7.09. The van der Waals surface area contributed by atoms with Crippen molar-refractivity contribution >= 4 is 23.4 Å². The zero-order valence-corrected chi connectivity index (χ0v) is 8.51. The van der Waals surface area contributed by atoms with Gasteiger partial charge in [0.15, 0.2) is 0 Å². The van der Waals surface area contributed by atoms with Crippen LogP contribution in [0.4, 0.5) is 5.69 Å². The maximum atomic E-state index is 10.3. The lowest BCUT2D eigenvalue weighted by Crippen LogP contribution is -1.99. The van der Waals surface area contributed by atoms with E-state index in [9.17, 15) is 14.9 Å². The summed E-state index contributed by atoms with van der Waals surface area (Å²) in [6, 6.07) is 0. The number of carboxylic acid groups (broad SMARTS) is 1. The lowest BCUT2D eigenvalue weighted by molar-refractivity contribution is -0.385. The zero-order valence-electron chi connectivity index (χ0n) is 7.70. The largest absolute Gasteiger partial charge is 0.481 e. The fraction of sp³-hybridized carbons (Fsp3) is 0.429. The first kappa shape index (κ1) is 11.5. The van der Waals surface area contributed by atoms with Crippen molar-refractivity contribution in [1.29, 1.82) is 0 Å². The number of hydrogen-bond donors (Lipinski definition) is 1. The Kier molecular flexibility index (Phi) is 4.10. The van der Waals surface area contributed by atoms with Crippen LogP contribution in [0.25, 0.3) is 0 Å². The van der Waals surface area contributed by atoms with Crippen molar-refractivity contribution in [2.24, 2.45) is 0 Å². The maximum Gasteiger partial charge on any atom is 0.307 e. The van der Waals surface area contributed by atoms with Crippen LogP contribution in [-0.4, -0.2) is 31.5 Å². The summed E-state index contributed by atoms with van der Waals surface area (Å²) in [7, 11) is 0. The van der Waals surface area contributed by atoms with Gasteiger partial charge in [0.2, 0.25) is 0 Å². The monoisotopic (exact) mass is 231 g/mol. The molecule has 0 radical (unpaired) electrons. The molecule has 0 aromatic carbocycles. The highest BCUT2D eigenvalue weighted by molar-refractivity contribution is 7.98. The molecular formula is C7H9N3O4S. The molecule has 0 amide bonds. The van der Waals surface area contributed by atoms with E-state index in [0.717, 1.165) is 6.20 Å². The summed E-state index contributed by atoms with van der Waals surface area (Å²) < 4.78 is 1.41. The van der Waals surface area contributed by atoms with Crippen LogP contribution in [-0.2, 0) is 10.7 Å². The molecule has 82 valence electrons. The summed E-state index contributed by atoms with van der Waals surface area (Å²) in [6.45, 7) is 0. The lowest BCUT2D eigenvalue weighted by atomic mass is 10.5. The van der Waals surface area contributed by atoms with Gasteiger partial charge in [0.25, 0.3) is 0 Å². The van der Waals surface area contributed by atoms with Gasteiger partial charge in [0, 0.05) is 5.75 Å². The Morgan fingerprint density at radius 1 is 1.73 bits per heavy atom. The van der Waals surface area contributed by atoms with E-state index in [1.807, 2.05) is 0 Å². The Labute approximate surface area is 89.2 Å². The van der Waals surface area contributed by atoms with E-state index < -0.39 is 10.9 Å². The van der Waals surface area contributed by atoms with Crippen molar-refractivity contribution in [2.75, 3.05) is 5.75 Å². The molecule has 0 bridgehead atoms. The van der Waals surface area contributed by atoms with E-state index in [0.29, 0.717) is 11.6 Å². The van der Waals surface area contributed by atoms with Crippen molar-refractivity contribution in [3.63, 3.8) is 0 Å². The molecule has 0 spiro atoms. The van der Waals surface area contributed by atoms with Crippen LogP contribution in [0.15, 0.2) is 12.4 Å². The van der Waals surface area contributed by atoms with Gasteiger partial charge in [-0.3, -0.25) is 19.6 Å². The number of thioether (sulfide) groups is 1. The van der Waals surface area contributed by atoms with E-state index in [4.69, 9.17) is 5.11 Å². The molecule has 0 aliphatic heterocycles. The molecule has 0 fully saturated rings. The topological polar surface area (TPSA) is 98.3 Å². The second kappa shape index (κ2) is 5.35. The fourth-order valence-electron chi connectivity index (χ4n) is 0.835. The van der Waals surface area contributed by atoms with Crippen LogP contribution in [0.1, 0.15) is 6.42 Å². The lowest BCUT2D eigenvalue weighted by Gasteiger charge is -1.98. The minimum atomic E-state index is -0.853. The van der Waals surface area contributed by atoms with Crippen LogP contribution >= 0.6 is 11.8 Å². The molecule has 15 heavy (non-hydrogen) atoms. The molecule has 0 aliphatic rings. The normalized spacial score (nSPS) is 10.1. The zero-order chi connectivity index (χ0) is 11.3. The molecule has 1 aromatic rings. The number of nitro groups is 1. The second-order valence-electron chi connectivity index (χ2n) is 2.68. The quantitative estimate of drug-likeness (QED) is 0.444. The number of aromatic nitrogens is 2. The number of carbonyl (C=O) groups is 1. The number of hydrogen-bond acceptors (Lipinski definition) is 5. The van der Waals surface area contributed by atoms with Crippen molar-refractivity contribution in [3.05, 3.63) is 22.5 Å². The predicted molar refractivity (Wildman–Crippen MR) is 53.6 cm³/mol. The van der Waals surface area contributed by atoms with Crippen molar-refractivity contribution < 1.29 is 14.8 Å². The van der Waals surface area contributed by atoms with Gasteiger partial charge in [-0.25, -0.2) is 0 Å². The number of rotatable bonds is 6. The summed E-state index contributed by atoms with van der Waals surface area (Å²) in [5, 5.41) is 22.4. The Balaban J connectivity index is 2.31. The van der Waals surface area contributed by atoms with Crippen LogP contribution in [0.5, 0.6) is 0 Å². The minimum absolute atomic E-state index is 0.0613. The molecule has 0 atom stereocenters. The molecule has 1 N–H and O–H groups in total. The molecule has 7 nitrogen and oxygen atoms in total. The molecule has 1 aromatic heterocycles. The molecule has 0 saturated carbocycles. The van der Waals surface area contributed by atoms with E-state index in [-0.39, 0.29) is 12.1 Å². The van der Waals surface area contributed by atoms with Crippen molar-refractivity contribution in [1.82, 2.24) is 9.78 Å². The Morgan fingerprint density at radius 2 is 2.47 bits per heavy atom. The summed E-state index contributed by atoms with van der Waals surface area (Å²) in [6.07, 6.45) is 2.56. The third-order valence-electron chi connectivity index (χ3n) is 1.51. The SMILES string of the molecule is O=C(O)CCSCn1cc([N+](=O)[O-])cn1. The average Bonchev–Trinajstić information content (AvgIpc) is 2.60. The minimum Gasteiger partial charge on any atom is -0.481 e. The van der Waals surface area contributed by atoms with Crippen LogP contribution < -0.4 is 0 Å². The highest BCUT2D eigenvalue weighted by Crippen LogP contribution is 2.11. The molecule has 1 rings (SSSR count). The summed E-state index contributed by atoms with van der Waals surface area (Å²) in [5.74, 6) is 0.0263. The van der Waals surface area contributed by atoms with Gasteiger partial charge in [0.05, 0.1) is 17.2 Å². The summed E-state index contributed by atoms with van der Waals surface area (Å²) in [5.41, 5.74) is -0.0613. The van der Waals surface area contributed by atoms with Gasteiger partial charge in [-0.15, -0.1) is 11.8 Å². The van der Waals surface area contributed by atoms with Gasteiger partial charge in [-0.1, -0.05) is 0 Å². The average molecular weight is 231 g/mol. The first-order valence-corrected chi connectivity index (χ1v) is 5.21. The summed E-state index contributed by atoms with van der Waals surface area (Å²) >= 11 is 1.36. The smallest absolute Gasteiger partial charge is 0.307 e. The van der Waals surface area contributed by atoms with Gasteiger partial charge in [0.1, 0.15) is 12.4 Å². The number of nitrogens with zero attached hydrogens (tertiary/aromatic N) is 3. The third kappa shape index (κ3) is 3.98.